The maximum Gasteiger partial charge on any atom is 0.343 e. The van der Waals surface area contributed by atoms with E-state index >= 15 is 0 Å². The number of carbonyl (C=O) groups is 1. The zero-order valence-corrected chi connectivity index (χ0v) is 13.5. The summed E-state index contributed by atoms with van der Waals surface area (Å²) in [5.74, 6) is 0.917. The molecular formula is C14H18N4O3S. The summed E-state index contributed by atoms with van der Waals surface area (Å²) in [4.78, 5) is 25.1. The van der Waals surface area contributed by atoms with E-state index in [9.17, 15) is 9.59 Å². The van der Waals surface area contributed by atoms with E-state index in [0.717, 1.165) is 11.3 Å². The second kappa shape index (κ2) is 7.17. The molecule has 22 heavy (non-hydrogen) atoms. The molecule has 0 saturated heterocycles. The number of hydrogen-bond donors (Lipinski definition) is 1. The largest absolute Gasteiger partial charge is 0.496 e. The SMILES string of the molecule is COc1ccccc1CN(C)C(=O)CSc1n[nH]c(=O)n1C. The second-order valence-corrected chi connectivity index (χ2v) is 5.66. The van der Waals surface area contributed by atoms with Gasteiger partial charge in [-0.25, -0.2) is 9.89 Å². The smallest absolute Gasteiger partial charge is 0.343 e. The lowest BCUT2D eigenvalue weighted by atomic mass is 10.2. The summed E-state index contributed by atoms with van der Waals surface area (Å²) >= 11 is 1.22. The van der Waals surface area contributed by atoms with Crippen LogP contribution in [0, 0.1) is 0 Å². The lowest BCUT2D eigenvalue weighted by Crippen LogP contribution is -2.28. The molecule has 0 aliphatic rings. The number of aromatic amines is 1. The number of para-hydroxylation sites is 1. The normalized spacial score (nSPS) is 10.5. The number of H-pyrrole nitrogens is 1. The molecule has 0 atom stereocenters. The van der Waals surface area contributed by atoms with Crippen molar-refractivity contribution in [2.24, 2.45) is 7.05 Å². The van der Waals surface area contributed by atoms with Crippen LogP contribution in [0.4, 0.5) is 0 Å². The van der Waals surface area contributed by atoms with Crippen molar-refractivity contribution in [2.45, 2.75) is 11.7 Å². The van der Waals surface area contributed by atoms with Gasteiger partial charge < -0.3 is 9.64 Å². The minimum absolute atomic E-state index is 0.0497. The van der Waals surface area contributed by atoms with E-state index in [1.54, 1.807) is 26.1 Å². The van der Waals surface area contributed by atoms with Crippen molar-refractivity contribution in [2.75, 3.05) is 19.9 Å². The fourth-order valence-electron chi connectivity index (χ4n) is 1.88. The van der Waals surface area contributed by atoms with E-state index in [4.69, 9.17) is 4.74 Å². The van der Waals surface area contributed by atoms with E-state index in [1.165, 1.54) is 16.3 Å². The number of aromatic nitrogens is 3. The van der Waals surface area contributed by atoms with Crippen LogP contribution in [0.3, 0.4) is 0 Å². The average molecular weight is 322 g/mol. The molecule has 2 rings (SSSR count). The van der Waals surface area contributed by atoms with E-state index < -0.39 is 0 Å². The van der Waals surface area contributed by atoms with Gasteiger partial charge in [0, 0.05) is 26.2 Å². The Kier molecular flexibility index (Phi) is 5.26. The van der Waals surface area contributed by atoms with Gasteiger partial charge in [0.15, 0.2) is 5.16 Å². The van der Waals surface area contributed by atoms with E-state index in [2.05, 4.69) is 10.2 Å². The molecule has 2 aromatic rings. The van der Waals surface area contributed by atoms with Crippen molar-refractivity contribution in [1.29, 1.82) is 0 Å². The van der Waals surface area contributed by atoms with Crippen LogP contribution in [0.1, 0.15) is 5.56 Å². The number of ether oxygens (including phenoxy) is 1. The first kappa shape index (κ1) is 16.2. The van der Waals surface area contributed by atoms with Gasteiger partial charge in [-0.3, -0.25) is 9.36 Å². The Morgan fingerprint density at radius 1 is 1.45 bits per heavy atom. The summed E-state index contributed by atoms with van der Waals surface area (Å²) in [6, 6.07) is 7.58. The number of benzene rings is 1. The maximum absolute atomic E-state index is 12.2. The predicted octanol–water partition coefficient (Wildman–Crippen LogP) is 0.868. The molecule has 1 aromatic heterocycles. The zero-order chi connectivity index (χ0) is 16.1. The lowest BCUT2D eigenvalue weighted by Gasteiger charge is -2.18. The monoisotopic (exact) mass is 322 g/mol. The van der Waals surface area contributed by atoms with Gasteiger partial charge in [0.05, 0.1) is 12.9 Å². The number of methoxy groups -OCH3 is 1. The Morgan fingerprint density at radius 3 is 2.82 bits per heavy atom. The molecule has 8 heteroatoms. The first-order valence-corrected chi connectivity index (χ1v) is 7.61. The summed E-state index contributed by atoms with van der Waals surface area (Å²) in [6.45, 7) is 0.461. The molecular weight excluding hydrogens is 304 g/mol. The molecule has 1 heterocycles. The summed E-state index contributed by atoms with van der Waals surface area (Å²) in [7, 11) is 4.95. The third kappa shape index (κ3) is 3.70. The topological polar surface area (TPSA) is 80.2 Å². The molecule has 1 N–H and O–H groups in total. The number of nitrogens with one attached hydrogen (secondary N) is 1. The molecule has 0 bridgehead atoms. The van der Waals surface area contributed by atoms with Crippen LogP contribution in [0.2, 0.25) is 0 Å². The molecule has 0 fully saturated rings. The van der Waals surface area contributed by atoms with Crippen molar-refractivity contribution in [1.82, 2.24) is 19.7 Å². The Labute approximate surface area is 132 Å². The highest BCUT2D eigenvalue weighted by molar-refractivity contribution is 7.99. The van der Waals surface area contributed by atoms with Gasteiger partial charge in [0.25, 0.3) is 0 Å². The standard InChI is InChI=1S/C14H18N4O3S/c1-17(8-10-6-4-5-7-11(10)21-3)12(19)9-22-14-16-15-13(20)18(14)2/h4-7H,8-9H2,1-3H3,(H,15,20). The predicted molar refractivity (Wildman–Crippen MR) is 84.0 cm³/mol. The molecule has 0 unspecified atom stereocenters. The Morgan fingerprint density at radius 2 is 2.18 bits per heavy atom. The fourth-order valence-corrected chi connectivity index (χ4v) is 2.74. The maximum atomic E-state index is 12.2. The van der Waals surface area contributed by atoms with Gasteiger partial charge in [-0.15, -0.1) is 5.10 Å². The lowest BCUT2D eigenvalue weighted by molar-refractivity contribution is -0.127. The number of amides is 1. The zero-order valence-electron chi connectivity index (χ0n) is 12.7. The van der Waals surface area contributed by atoms with Crippen molar-refractivity contribution >= 4 is 17.7 Å². The van der Waals surface area contributed by atoms with Gasteiger partial charge in [-0.2, -0.15) is 0 Å². The van der Waals surface area contributed by atoms with Gasteiger partial charge >= 0.3 is 5.69 Å². The van der Waals surface area contributed by atoms with Crippen molar-refractivity contribution < 1.29 is 9.53 Å². The van der Waals surface area contributed by atoms with Gasteiger partial charge in [0.2, 0.25) is 5.91 Å². The van der Waals surface area contributed by atoms with Crippen LogP contribution in [0.25, 0.3) is 0 Å². The molecule has 0 spiro atoms. The average Bonchev–Trinajstić information content (AvgIpc) is 2.84. The van der Waals surface area contributed by atoms with Gasteiger partial charge in [-0.1, -0.05) is 30.0 Å². The van der Waals surface area contributed by atoms with E-state index in [-0.39, 0.29) is 17.3 Å². The van der Waals surface area contributed by atoms with Gasteiger partial charge in [-0.05, 0) is 6.07 Å². The first-order chi connectivity index (χ1) is 10.5. The van der Waals surface area contributed by atoms with Crippen LogP contribution >= 0.6 is 11.8 Å². The van der Waals surface area contributed by atoms with Crippen molar-refractivity contribution in [3.05, 3.63) is 40.3 Å². The number of nitrogens with zero attached hydrogens (tertiary/aromatic N) is 3. The quantitative estimate of drug-likeness (QED) is 0.798. The summed E-state index contributed by atoms with van der Waals surface area (Å²) in [6.07, 6.45) is 0. The van der Waals surface area contributed by atoms with Crippen LogP contribution in [0.5, 0.6) is 5.75 Å². The highest BCUT2D eigenvalue weighted by Crippen LogP contribution is 2.19. The number of hydrogen-bond acceptors (Lipinski definition) is 5. The van der Waals surface area contributed by atoms with Crippen molar-refractivity contribution in [3.63, 3.8) is 0 Å². The highest BCUT2D eigenvalue weighted by atomic mass is 32.2. The van der Waals surface area contributed by atoms with E-state index in [0.29, 0.717) is 11.7 Å². The fraction of sp³-hybridized carbons (Fsp3) is 0.357. The molecule has 0 saturated carbocycles. The molecule has 7 nitrogen and oxygen atoms in total. The molecule has 1 aromatic carbocycles. The molecule has 0 aliphatic carbocycles. The molecule has 118 valence electrons. The number of carbonyl (C=O) groups excluding carboxylic acids is 1. The third-order valence-electron chi connectivity index (χ3n) is 3.19. The number of rotatable bonds is 6. The van der Waals surface area contributed by atoms with Crippen LogP contribution < -0.4 is 10.4 Å². The Balaban J connectivity index is 1.95. The third-order valence-corrected chi connectivity index (χ3v) is 4.20. The van der Waals surface area contributed by atoms with Crippen LogP contribution in [0.15, 0.2) is 34.2 Å². The minimum Gasteiger partial charge on any atom is -0.496 e. The molecule has 1 amide bonds. The Hall–Kier alpha value is -2.22. The van der Waals surface area contributed by atoms with Crippen LogP contribution in [-0.4, -0.2) is 45.5 Å². The first-order valence-electron chi connectivity index (χ1n) is 6.63. The minimum atomic E-state index is -0.294. The highest BCUT2D eigenvalue weighted by Gasteiger charge is 2.14. The second-order valence-electron chi connectivity index (χ2n) is 4.72. The summed E-state index contributed by atoms with van der Waals surface area (Å²) in [5, 5.41) is 6.69. The van der Waals surface area contributed by atoms with Crippen molar-refractivity contribution in [3.8, 4) is 5.75 Å². The van der Waals surface area contributed by atoms with E-state index in [1.807, 2.05) is 24.3 Å². The van der Waals surface area contributed by atoms with Crippen LogP contribution in [-0.2, 0) is 18.4 Å². The summed E-state index contributed by atoms with van der Waals surface area (Å²) < 4.78 is 6.65. The van der Waals surface area contributed by atoms with Gasteiger partial charge in [0.1, 0.15) is 5.75 Å². The summed E-state index contributed by atoms with van der Waals surface area (Å²) in [5.41, 5.74) is 0.648. The molecule has 0 aliphatic heterocycles. The number of thioether (sulfide) groups is 1. The Bertz CT molecular complexity index is 710. The molecule has 0 radical (unpaired) electrons.